The minimum absolute atomic E-state index is 0.402. The summed E-state index contributed by atoms with van der Waals surface area (Å²) in [6, 6.07) is 10.2. The molecule has 1 fully saturated rings. The molecule has 3 heteroatoms. The van der Waals surface area contributed by atoms with Gasteiger partial charge in [0.2, 0.25) is 0 Å². The second-order valence-electron chi connectivity index (χ2n) is 8.36. The number of hydrogen-bond donors (Lipinski definition) is 0. The van der Waals surface area contributed by atoms with Gasteiger partial charge in [-0.05, 0) is 56.6 Å². The molecule has 0 saturated heterocycles. The van der Waals surface area contributed by atoms with Crippen molar-refractivity contribution in [3.8, 4) is 11.8 Å². The zero-order chi connectivity index (χ0) is 17.1. The molecule has 1 aliphatic carbocycles. The lowest BCUT2D eigenvalue weighted by Gasteiger charge is -2.34. The number of rotatable bonds is 3. The van der Waals surface area contributed by atoms with Crippen molar-refractivity contribution in [2.45, 2.75) is 64.1 Å². The van der Waals surface area contributed by atoms with E-state index in [1.54, 1.807) is 0 Å². The van der Waals surface area contributed by atoms with Crippen LogP contribution in [0.15, 0.2) is 35.9 Å². The summed E-state index contributed by atoms with van der Waals surface area (Å²) >= 11 is 0. The molecule has 1 atom stereocenters. The molecule has 1 nitrogen and oxygen atoms in total. The summed E-state index contributed by atoms with van der Waals surface area (Å²) in [7, 11) is -3.11. The molecule has 2 rings (SSSR count). The Kier molecular flexibility index (Phi) is 5.40. The lowest BCUT2D eigenvalue weighted by atomic mass is 9.98. The van der Waals surface area contributed by atoms with E-state index >= 15 is 0 Å². The Hall–Kier alpha value is -1.09. The number of hydrogen-bond acceptors (Lipinski definition) is 1. The fourth-order valence-electron chi connectivity index (χ4n) is 2.98. The minimum atomic E-state index is -1.70. The van der Waals surface area contributed by atoms with E-state index in [1.165, 1.54) is 5.57 Å². The maximum atomic E-state index is 6.65. The topological polar surface area (TPSA) is 9.23 Å². The summed E-state index contributed by atoms with van der Waals surface area (Å²) < 4.78 is 6.65. The Bertz CT molecular complexity index is 624. The molecular formula is C20H29OSi2. The molecule has 23 heavy (non-hydrogen) atoms. The maximum absolute atomic E-state index is 6.65. The highest BCUT2D eigenvalue weighted by Gasteiger charge is 2.42. The van der Waals surface area contributed by atoms with Gasteiger partial charge in [-0.3, -0.25) is 0 Å². The highest BCUT2D eigenvalue weighted by molar-refractivity contribution is 6.79. The van der Waals surface area contributed by atoms with Gasteiger partial charge in [-0.25, -0.2) is 0 Å². The van der Waals surface area contributed by atoms with E-state index in [4.69, 9.17) is 4.43 Å². The molecular weight excluding hydrogens is 312 g/mol. The molecule has 0 heterocycles. The first-order chi connectivity index (χ1) is 10.6. The van der Waals surface area contributed by atoms with Gasteiger partial charge in [-0.15, -0.1) is 0 Å². The molecule has 0 N–H and O–H groups in total. The van der Waals surface area contributed by atoms with E-state index in [2.05, 4.69) is 69.0 Å². The highest BCUT2D eigenvalue weighted by atomic mass is 28.4. The van der Waals surface area contributed by atoms with E-state index in [0.29, 0.717) is 0 Å². The zero-order valence-electron chi connectivity index (χ0n) is 15.4. The molecule has 0 amide bonds. The third kappa shape index (κ3) is 5.49. The van der Waals surface area contributed by atoms with Crippen LogP contribution in [-0.2, 0) is 4.43 Å². The van der Waals surface area contributed by atoms with Gasteiger partial charge >= 0.3 is 0 Å². The molecule has 0 spiro atoms. The zero-order valence-corrected chi connectivity index (χ0v) is 17.4. The van der Waals surface area contributed by atoms with E-state index < -0.39 is 22.0 Å². The maximum Gasteiger partial charge on any atom is 0.186 e. The van der Waals surface area contributed by atoms with Crippen molar-refractivity contribution in [3.05, 3.63) is 47.2 Å². The standard InChI is InChI=1S/C20H29OSi2/c1-22(2,3)17-19-13-10-15-20(19,21-23(4,5)6)16-14-18-11-8-7-9-12-18/h7-9,11-12H,10,13,15H2,1-6H3/t20-/m0/s1. The van der Waals surface area contributed by atoms with Gasteiger partial charge in [0, 0.05) is 5.56 Å². The van der Waals surface area contributed by atoms with Gasteiger partial charge in [0.25, 0.3) is 0 Å². The second-order valence-corrected chi connectivity index (χ2v) is 17.5. The normalized spacial score (nSPS) is 23.7. The summed E-state index contributed by atoms with van der Waals surface area (Å²) in [5.74, 6) is 6.89. The summed E-state index contributed by atoms with van der Waals surface area (Å²) in [5, 5.41) is 0. The summed E-state index contributed by atoms with van der Waals surface area (Å²) in [5.41, 5.74) is 5.80. The second kappa shape index (κ2) is 6.80. The molecule has 0 unspecified atom stereocenters. The fraction of sp³-hybridized carbons (Fsp3) is 0.500. The SMILES string of the molecule is C[Si](C)(C)[C]=C1CCC[C@@]1(C#Cc1ccccc1)O[Si](C)(C)C. The van der Waals surface area contributed by atoms with Crippen LogP contribution in [0.25, 0.3) is 0 Å². The van der Waals surface area contributed by atoms with E-state index in [-0.39, 0.29) is 0 Å². The Balaban J connectivity index is 2.45. The van der Waals surface area contributed by atoms with Crippen LogP contribution in [0, 0.1) is 17.5 Å². The predicted octanol–water partition coefficient (Wildman–Crippen LogP) is 5.42. The quantitative estimate of drug-likeness (QED) is 0.527. The van der Waals surface area contributed by atoms with E-state index in [0.717, 1.165) is 24.8 Å². The lowest BCUT2D eigenvalue weighted by molar-refractivity contribution is 0.167. The van der Waals surface area contributed by atoms with Gasteiger partial charge < -0.3 is 4.43 Å². The first-order valence-electron chi connectivity index (χ1n) is 8.53. The third-order valence-corrected chi connectivity index (χ3v) is 5.64. The van der Waals surface area contributed by atoms with E-state index in [1.807, 2.05) is 18.2 Å². The molecule has 0 aliphatic heterocycles. The minimum Gasteiger partial charge on any atom is -0.398 e. The van der Waals surface area contributed by atoms with Gasteiger partial charge in [0.1, 0.15) is 5.60 Å². The molecule has 1 saturated carbocycles. The average molecular weight is 342 g/mol. The summed E-state index contributed by atoms with van der Waals surface area (Å²) in [4.78, 5) is 0. The monoisotopic (exact) mass is 341 g/mol. The van der Waals surface area contributed by atoms with Crippen molar-refractivity contribution in [2.75, 3.05) is 0 Å². The molecule has 123 valence electrons. The van der Waals surface area contributed by atoms with Crippen LogP contribution in [0.3, 0.4) is 0 Å². The molecule has 1 radical (unpaired) electrons. The van der Waals surface area contributed by atoms with Crippen molar-refractivity contribution < 1.29 is 4.43 Å². The van der Waals surface area contributed by atoms with Crippen LogP contribution in [0.5, 0.6) is 0 Å². The van der Waals surface area contributed by atoms with Crippen LogP contribution >= 0.6 is 0 Å². The van der Waals surface area contributed by atoms with Crippen LogP contribution in [-0.4, -0.2) is 22.0 Å². The van der Waals surface area contributed by atoms with Crippen molar-refractivity contribution in [3.63, 3.8) is 0 Å². The molecule has 0 bridgehead atoms. The van der Waals surface area contributed by atoms with Gasteiger partial charge in [-0.1, -0.05) is 55.4 Å². The smallest absolute Gasteiger partial charge is 0.186 e. The van der Waals surface area contributed by atoms with Crippen molar-refractivity contribution in [2.24, 2.45) is 0 Å². The van der Waals surface area contributed by atoms with Gasteiger partial charge in [0.05, 0.1) is 8.07 Å². The molecule has 1 aromatic carbocycles. The van der Waals surface area contributed by atoms with Crippen LogP contribution in [0.4, 0.5) is 0 Å². The van der Waals surface area contributed by atoms with Crippen molar-refractivity contribution >= 4 is 16.4 Å². The van der Waals surface area contributed by atoms with Gasteiger partial charge in [0.15, 0.2) is 8.32 Å². The Morgan fingerprint density at radius 3 is 2.22 bits per heavy atom. The number of benzene rings is 1. The molecule has 1 aliphatic rings. The van der Waals surface area contributed by atoms with Crippen LogP contribution in [0.1, 0.15) is 24.8 Å². The lowest BCUT2D eigenvalue weighted by Crippen LogP contribution is -2.42. The Morgan fingerprint density at radius 1 is 1.00 bits per heavy atom. The molecule has 0 aromatic heterocycles. The first kappa shape index (κ1) is 18.3. The summed E-state index contributed by atoms with van der Waals surface area (Å²) in [6.45, 7) is 13.8. The molecule has 1 aromatic rings. The Morgan fingerprint density at radius 2 is 1.65 bits per heavy atom. The largest absolute Gasteiger partial charge is 0.398 e. The first-order valence-corrected chi connectivity index (χ1v) is 15.4. The predicted molar refractivity (Wildman–Crippen MR) is 104 cm³/mol. The van der Waals surface area contributed by atoms with Crippen LogP contribution < -0.4 is 0 Å². The van der Waals surface area contributed by atoms with Crippen LogP contribution in [0.2, 0.25) is 39.3 Å². The van der Waals surface area contributed by atoms with Crippen molar-refractivity contribution in [1.29, 1.82) is 0 Å². The average Bonchev–Trinajstić information content (AvgIpc) is 2.77. The summed E-state index contributed by atoms with van der Waals surface area (Å²) in [6.07, 6.45) is 3.24. The van der Waals surface area contributed by atoms with Crippen molar-refractivity contribution in [1.82, 2.24) is 0 Å². The third-order valence-electron chi connectivity index (χ3n) is 3.63. The Labute approximate surface area is 144 Å². The fourth-order valence-corrected chi connectivity index (χ4v) is 5.53. The highest BCUT2D eigenvalue weighted by Crippen LogP contribution is 2.40. The van der Waals surface area contributed by atoms with Gasteiger partial charge in [-0.2, -0.15) is 0 Å². The van der Waals surface area contributed by atoms with E-state index in [9.17, 15) is 0 Å².